The molecule has 1 aromatic rings. The maximum Gasteiger partial charge on any atom is 0.416 e. The van der Waals surface area contributed by atoms with Crippen LogP contribution >= 0.6 is 0 Å². The molecule has 0 saturated heterocycles. The Morgan fingerprint density at radius 3 is 2.39 bits per heavy atom. The summed E-state index contributed by atoms with van der Waals surface area (Å²) in [4.78, 5) is 34.3. The van der Waals surface area contributed by atoms with Crippen LogP contribution in [0, 0.1) is 0 Å². The van der Waals surface area contributed by atoms with Crippen molar-refractivity contribution in [3.63, 3.8) is 0 Å². The molecule has 0 radical (unpaired) electrons. The van der Waals surface area contributed by atoms with Gasteiger partial charge in [-0.05, 0) is 24.5 Å². The smallest absolute Gasteiger partial charge is 0.345 e. The summed E-state index contributed by atoms with van der Waals surface area (Å²) in [6.07, 6.45) is -3.25. The third kappa shape index (κ3) is 5.28. The molecule has 0 heterocycles. The maximum absolute atomic E-state index is 12.6. The van der Waals surface area contributed by atoms with Crippen LogP contribution in [0.3, 0.4) is 0 Å². The Balaban J connectivity index is 1.82. The molecule has 0 bridgehead atoms. The number of hydrazine groups is 1. The fraction of sp³-hybridized carbons (Fsp3) is 0.357. The van der Waals surface area contributed by atoms with Crippen LogP contribution in [-0.2, 0) is 27.0 Å². The van der Waals surface area contributed by atoms with E-state index in [9.17, 15) is 27.6 Å². The first kappa shape index (κ1) is 16.8. The standard InChI is InChI=1S/C14H14F3N3O3/c15-14(16,17)9-3-1-2-8(6-9)7-11(21)19-20-13(23)12(22)18-10-4-5-10/h1-3,6,10H,4-5,7H2,(H,18,22)(H,19,21)(H,20,23). The predicted molar refractivity (Wildman–Crippen MR) is 72.6 cm³/mol. The van der Waals surface area contributed by atoms with Crippen molar-refractivity contribution in [1.82, 2.24) is 16.2 Å². The van der Waals surface area contributed by atoms with Crippen molar-refractivity contribution in [3.05, 3.63) is 35.4 Å². The van der Waals surface area contributed by atoms with E-state index in [-0.39, 0.29) is 18.0 Å². The van der Waals surface area contributed by atoms with Crippen molar-refractivity contribution in [1.29, 1.82) is 0 Å². The van der Waals surface area contributed by atoms with Gasteiger partial charge in [0.1, 0.15) is 0 Å². The molecule has 0 unspecified atom stereocenters. The number of benzene rings is 1. The summed E-state index contributed by atoms with van der Waals surface area (Å²) < 4.78 is 37.7. The molecule has 124 valence electrons. The number of halogens is 3. The van der Waals surface area contributed by atoms with Crippen molar-refractivity contribution in [2.45, 2.75) is 31.5 Å². The van der Waals surface area contributed by atoms with Gasteiger partial charge >= 0.3 is 18.0 Å². The normalized spacial score (nSPS) is 14.0. The van der Waals surface area contributed by atoms with Gasteiger partial charge in [0.25, 0.3) is 0 Å². The van der Waals surface area contributed by atoms with Crippen LogP contribution in [0.1, 0.15) is 24.0 Å². The van der Waals surface area contributed by atoms with Gasteiger partial charge in [0.15, 0.2) is 0 Å². The van der Waals surface area contributed by atoms with Gasteiger partial charge in [0.05, 0.1) is 12.0 Å². The molecule has 1 aliphatic rings. The number of nitrogens with one attached hydrogen (secondary N) is 3. The number of alkyl halides is 3. The molecule has 23 heavy (non-hydrogen) atoms. The van der Waals surface area contributed by atoms with E-state index in [2.05, 4.69) is 5.32 Å². The molecule has 0 spiro atoms. The highest BCUT2D eigenvalue weighted by atomic mass is 19.4. The number of hydrogen-bond acceptors (Lipinski definition) is 3. The topological polar surface area (TPSA) is 87.3 Å². The lowest BCUT2D eigenvalue weighted by molar-refractivity contribution is -0.141. The Morgan fingerprint density at radius 2 is 1.78 bits per heavy atom. The lowest BCUT2D eigenvalue weighted by Gasteiger charge is -2.10. The molecule has 3 N–H and O–H groups in total. The third-order valence-electron chi connectivity index (χ3n) is 3.05. The molecule has 1 fully saturated rings. The van der Waals surface area contributed by atoms with Gasteiger partial charge in [0, 0.05) is 6.04 Å². The van der Waals surface area contributed by atoms with Crippen LogP contribution in [0.4, 0.5) is 13.2 Å². The Morgan fingerprint density at radius 1 is 1.09 bits per heavy atom. The average molecular weight is 329 g/mol. The zero-order valence-electron chi connectivity index (χ0n) is 11.9. The van der Waals surface area contributed by atoms with E-state index in [1.807, 2.05) is 10.9 Å². The fourth-order valence-corrected chi connectivity index (χ4v) is 1.75. The second-order valence-corrected chi connectivity index (χ2v) is 5.12. The average Bonchev–Trinajstić information content (AvgIpc) is 3.28. The number of amides is 3. The molecule has 1 aromatic carbocycles. The second kappa shape index (κ2) is 6.67. The Bertz CT molecular complexity index is 627. The number of rotatable bonds is 3. The highest BCUT2D eigenvalue weighted by Gasteiger charge is 2.30. The van der Waals surface area contributed by atoms with Crippen LogP contribution in [0.5, 0.6) is 0 Å². The van der Waals surface area contributed by atoms with Crippen LogP contribution in [0.15, 0.2) is 24.3 Å². The van der Waals surface area contributed by atoms with Gasteiger partial charge in [-0.1, -0.05) is 18.2 Å². The Hall–Kier alpha value is -2.58. The highest BCUT2D eigenvalue weighted by Crippen LogP contribution is 2.29. The first-order valence-electron chi connectivity index (χ1n) is 6.81. The van der Waals surface area contributed by atoms with E-state index < -0.39 is 29.5 Å². The van der Waals surface area contributed by atoms with Crippen LogP contribution < -0.4 is 16.2 Å². The molecular weight excluding hydrogens is 315 g/mol. The number of carbonyl (C=O) groups excluding carboxylic acids is 3. The Kier molecular flexibility index (Phi) is 4.87. The molecule has 6 nitrogen and oxygen atoms in total. The van der Waals surface area contributed by atoms with Crippen LogP contribution in [0.25, 0.3) is 0 Å². The molecular formula is C14H14F3N3O3. The summed E-state index contributed by atoms with van der Waals surface area (Å²) in [5, 5.41) is 2.42. The number of carbonyl (C=O) groups is 3. The molecule has 1 aliphatic carbocycles. The van der Waals surface area contributed by atoms with Gasteiger partial charge in [-0.15, -0.1) is 0 Å². The second-order valence-electron chi connectivity index (χ2n) is 5.12. The van der Waals surface area contributed by atoms with Gasteiger partial charge < -0.3 is 5.32 Å². The lowest BCUT2D eigenvalue weighted by atomic mass is 10.1. The van der Waals surface area contributed by atoms with Crippen molar-refractivity contribution in [3.8, 4) is 0 Å². The summed E-state index contributed by atoms with van der Waals surface area (Å²) in [5.74, 6) is -2.64. The minimum atomic E-state index is -4.50. The monoisotopic (exact) mass is 329 g/mol. The molecule has 9 heteroatoms. The largest absolute Gasteiger partial charge is 0.416 e. The van der Waals surface area contributed by atoms with E-state index in [1.165, 1.54) is 12.1 Å². The van der Waals surface area contributed by atoms with Gasteiger partial charge in [-0.2, -0.15) is 13.2 Å². The van der Waals surface area contributed by atoms with E-state index in [1.54, 1.807) is 0 Å². The lowest BCUT2D eigenvalue weighted by Crippen LogP contribution is -2.49. The summed E-state index contributed by atoms with van der Waals surface area (Å²) in [6, 6.07) is 4.28. The van der Waals surface area contributed by atoms with Gasteiger partial charge in [-0.25, -0.2) is 0 Å². The minimum absolute atomic E-state index is 0.00550. The molecule has 1 saturated carbocycles. The van der Waals surface area contributed by atoms with E-state index in [0.717, 1.165) is 25.0 Å². The van der Waals surface area contributed by atoms with Crippen molar-refractivity contribution in [2.24, 2.45) is 0 Å². The number of hydrogen-bond donors (Lipinski definition) is 3. The van der Waals surface area contributed by atoms with Crippen molar-refractivity contribution < 1.29 is 27.6 Å². The van der Waals surface area contributed by atoms with Crippen LogP contribution in [-0.4, -0.2) is 23.8 Å². The maximum atomic E-state index is 12.6. The zero-order valence-corrected chi connectivity index (χ0v) is 11.9. The minimum Gasteiger partial charge on any atom is -0.345 e. The summed E-state index contributed by atoms with van der Waals surface area (Å²) in [6.45, 7) is 0. The van der Waals surface area contributed by atoms with E-state index >= 15 is 0 Å². The highest BCUT2D eigenvalue weighted by molar-refractivity contribution is 6.35. The van der Waals surface area contributed by atoms with Gasteiger partial charge in [-0.3, -0.25) is 25.2 Å². The van der Waals surface area contributed by atoms with Crippen molar-refractivity contribution in [2.75, 3.05) is 0 Å². The molecule has 0 aliphatic heterocycles. The molecule has 3 amide bonds. The quantitative estimate of drug-likeness (QED) is 0.563. The zero-order chi connectivity index (χ0) is 17.0. The summed E-state index contributed by atoms with van der Waals surface area (Å²) >= 11 is 0. The van der Waals surface area contributed by atoms with E-state index in [4.69, 9.17) is 0 Å². The molecule has 0 aromatic heterocycles. The molecule has 0 atom stereocenters. The fourth-order valence-electron chi connectivity index (χ4n) is 1.75. The Labute approximate surface area is 129 Å². The van der Waals surface area contributed by atoms with Crippen molar-refractivity contribution >= 4 is 17.7 Å². The SMILES string of the molecule is O=C(Cc1cccc(C(F)(F)F)c1)NNC(=O)C(=O)NC1CC1. The van der Waals surface area contributed by atoms with Crippen LogP contribution in [0.2, 0.25) is 0 Å². The van der Waals surface area contributed by atoms with Gasteiger partial charge in [0.2, 0.25) is 5.91 Å². The van der Waals surface area contributed by atoms with E-state index in [0.29, 0.717) is 0 Å². The summed E-state index contributed by atoms with van der Waals surface area (Å²) in [7, 11) is 0. The predicted octanol–water partition coefficient (Wildman–Crippen LogP) is 0.674. The molecule has 2 rings (SSSR count). The first-order chi connectivity index (χ1) is 10.8. The first-order valence-corrected chi connectivity index (χ1v) is 6.81. The summed E-state index contributed by atoms with van der Waals surface area (Å²) in [5.41, 5.74) is 3.16. The third-order valence-corrected chi connectivity index (χ3v) is 3.05.